The Morgan fingerprint density at radius 1 is 0.696 bits per heavy atom. The normalized spacial score (nSPS) is 18.6. The minimum absolute atomic E-state index is 0.0543. The molecule has 0 saturated carbocycles. The highest BCUT2D eigenvalue weighted by Crippen LogP contribution is 2.25. The number of para-hydroxylation sites is 2. The topological polar surface area (TPSA) is 52.6 Å². The van der Waals surface area contributed by atoms with Crippen molar-refractivity contribution in [1.82, 2.24) is 0 Å². The van der Waals surface area contributed by atoms with Crippen molar-refractivity contribution in [3.63, 3.8) is 0 Å². The van der Waals surface area contributed by atoms with Crippen LogP contribution in [0.25, 0.3) is 0 Å². The Bertz CT molecular complexity index is 748. The maximum Gasteiger partial charge on any atom is 0.158 e. The summed E-state index contributed by atoms with van der Waals surface area (Å²) in [6.07, 6.45) is 3.73. The molecule has 0 N–H and O–H groups in total. The first-order valence-electron chi connectivity index (χ1n) is 7.41. The van der Waals surface area contributed by atoms with Gasteiger partial charge in [-0.05, 0) is 24.3 Å². The highest BCUT2D eigenvalue weighted by Gasteiger charge is 2.18. The van der Waals surface area contributed by atoms with Crippen molar-refractivity contribution in [2.45, 2.75) is 11.5 Å². The second-order valence-corrected chi connectivity index (χ2v) is 7.41. The molecule has 0 aromatic heterocycles. The molecule has 0 unspecified atom stereocenters. The fourth-order valence-corrected chi connectivity index (χ4v) is 3.99. The van der Waals surface area contributed by atoms with E-state index >= 15 is 0 Å². The average Bonchev–Trinajstić information content (AvgIpc) is 2.53. The highest BCUT2D eigenvalue weighted by atomic mass is 32.2. The van der Waals surface area contributed by atoms with Crippen LogP contribution in [0.15, 0.2) is 60.7 Å². The van der Waals surface area contributed by atoms with Gasteiger partial charge in [-0.15, -0.1) is 0 Å². The zero-order valence-corrected chi connectivity index (χ0v) is 13.5. The quantitative estimate of drug-likeness (QED) is 0.697. The largest absolute Gasteiger partial charge is 0.489 e. The van der Waals surface area contributed by atoms with E-state index in [0.717, 1.165) is 0 Å². The number of rotatable bonds is 0. The Morgan fingerprint density at radius 2 is 1.13 bits per heavy atom. The van der Waals surface area contributed by atoms with Crippen LogP contribution < -0.4 is 9.47 Å². The van der Waals surface area contributed by atoms with E-state index in [2.05, 4.69) is 0 Å². The summed E-state index contributed by atoms with van der Waals surface area (Å²) in [6.45, 7) is 0.754. The molecule has 0 amide bonds. The van der Waals surface area contributed by atoms with Gasteiger partial charge in [0.1, 0.15) is 24.7 Å². The molecule has 5 heteroatoms. The molecule has 0 fully saturated rings. The zero-order chi connectivity index (χ0) is 16.1. The van der Waals surface area contributed by atoms with Crippen LogP contribution in [0.5, 0.6) is 11.5 Å². The lowest BCUT2D eigenvalue weighted by molar-refractivity contribution is 0.348. The van der Waals surface area contributed by atoms with E-state index < -0.39 is 9.84 Å². The number of hydrogen-bond acceptors (Lipinski definition) is 4. The fraction of sp³-hybridized carbons (Fsp3) is 0.222. The van der Waals surface area contributed by atoms with Gasteiger partial charge >= 0.3 is 0 Å². The second-order valence-electron chi connectivity index (χ2n) is 5.34. The van der Waals surface area contributed by atoms with Gasteiger partial charge < -0.3 is 9.47 Å². The average molecular weight is 330 g/mol. The second kappa shape index (κ2) is 6.87. The summed E-state index contributed by atoms with van der Waals surface area (Å²) >= 11 is 0. The smallest absolute Gasteiger partial charge is 0.158 e. The molecule has 0 radical (unpaired) electrons. The molecule has 0 bridgehead atoms. The summed E-state index contributed by atoms with van der Waals surface area (Å²) in [4.78, 5) is 0. The molecule has 2 aromatic rings. The van der Waals surface area contributed by atoms with Gasteiger partial charge in [0.2, 0.25) is 0 Å². The molecule has 1 aliphatic heterocycles. The number of fused-ring (bicyclic) bond motifs is 2. The van der Waals surface area contributed by atoms with Gasteiger partial charge in [0.05, 0.1) is 11.5 Å². The summed E-state index contributed by atoms with van der Waals surface area (Å²) in [5.41, 5.74) is 1.36. The Kier molecular flexibility index (Phi) is 4.67. The van der Waals surface area contributed by atoms with Crippen LogP contribution in [0.1, 0.15) is 11.1 Å². The molecule has 4 nitrogen and oxygen atoms in total. The van der Waals surface area contributed by atoms with Crippen LogP contribution in [0.3, 0.4) is 0 Å². The lowest BCUT2D eigenvalue weighted by Crippen LogP contribution is -2.10. The Labute approximate surface area is 136 Å². The molecule has 3 rings (SSSR count). The zero-order valence-electron chi connectivity index (χ0n) is 12.6. The molecule has 120 valence electrons. The van der Waals surface area contributed by atoms with Gasteiger partial charge in [0.25, 0.3) is 0 Å². The minimum Gasteiger partial charge on any atom is -0.489 e. The standard InChI is InChI=1S/C18H18O4S/c19-23(20)13-15-7-1-3-9-17(15)21-11-5-6-12-22-18-10-4-2-8-16(18)14-23/h1-10H,11-14H2/b6-5-. The van der Waals surface area contributed by atoms with Crippen LogP contribution in [-0.4, -0.2) is 21.6 Å². The lowest BCUT2D eigenvalue weighted by atomic mass is 10.2. The number of benzene rings is 2. The first-order valence-corrected chi connectivity index (χ1v) is 9.23. The first kappa shape index (κ1) is 15.6. The van der Waals surface area contributed by atoms with Crippen molar-refractivity contribution in [3.05, 3.63) is 71.8 Å². The van der Waals surface area contributed by atoms with Crippen LogP contribution in [0.4, 0.5) is 0 Å². The van der Waals surface area contributed by atoms with Crippen molar-refractivity contribution in [2.75, 3.05) is 13.2 Å². The Hall–Kier alpha value is -2.27. The van der Waals surface area contributed by atoms with Gasteiger partial charge in [-0.25, -0.2) is 8.42 Å². The molecule has 0 atom stereocenters. The SMILES string of the molecule is O=S1(=O)Cc2ccccc2OC/C=C\COc2ccccc2C1. The monoisotopic (exact) mass is 330 g/mol. The molecule has 2 aromatic carbocycles. The van der Waals surface area contributed by atoms with E-state index in [1.165, 1.54) is 0 Å². The molecule has 23 heavy (non-hydrogen) atoms. The van der Waals surface area contributed by atoms with Crippen molar-refractivity contribution in [3.8, 4) is 11.5 Å². The molecular formula is C18H18O4S. The maximum absolute atomic E-state index is 12.6. The van der Waals surface area contributed by atoms with Crippen molar-refractivity contribution in [1.29, 1.82) is 0 Å². The number of ether oxygens (including phenoxy) is 2. The van der Waals surface area contributed by atoms with Gasteiger partial charge in [-0.1, -0.05) is 36.4 Å². The van der Waals surface area contributed by atoms with Gasteiger partial charge in [0.15, 0.2) is 9.84 Å². The summed E-state index contributed by atoms with van der Waals surface area (Å²) in [5.74, 6) is 1.10. The Balaban J connectivity index is 1.98. The predicted molar refractivity (Wildman–Crippen MR) is 89.3 cm³/mol. The van der Waals surface area contributed by atoms with E-state index in [9.17, 15) is 8.42 Å². The van der Waals surface area contributed by atoms with Crippen molar-refractivity contribution >= 4 is 9.84 Å². The summed E-state index contributed by atoms with van der Waals surface area (Å²) in [6, 6.07) is 14.5. The van der Waals surface area contributed by atoms with Crippen molar-refractivity contribution < 1.29 is 17.9 Å². The van der Waals surface area contributed by atoms with Crippen LogP contribution in [0, 0.1) is 0 Å². The van der Waals surface area contributed by atoms with Crippen LogP contribution in [-0.2, 0) is 21.3 Å². The van der Waals surface area contributed by atoms with Gasteiger partial charge in [-0.2, -0.15) is 0 Å². The van der Waals surface area contributed by atoms with E-state index in [1.54, 1.807) is 24.3 Å². The maximum atomic E-state index is 12.6. The minimum atomic E-state index is -3.33. The predicted octanol–water partition coefficient (Wildman–Crippen LogP) is 3.13. The van der Waals surface area contributed by atoms with Crippen LogP contribution in [0.2, 0.25) is 0 Å². The number of sulfone groups is 1. The summed E-state index contributed by atoms with van der Waals surface area (Å²) in [5, 5.41) is 0. The first-order chi connectivity index (χ1) is 11.1. The van der Waals surface area contributed by atoms with Gasteiger partial charge in [0, 0.05) is 11.1 Å². The number of hydrogen-bond donors (Lipinski definition) is 0. The van der Waals surface area contributed by atoms with Crippen molar-refractivity contribution in [2.24, 2.45) is 0 Å². The third-order valence-corrected chi connectivity index (χ3v) is 5.03. The van der Waals surface area contributed by atoms with E-state index in [-0.39, 0.29) is 11.5 Å². The van der Waals surface area contributed by atoms with Crippen LogP contribution >= 0.6 is 0 Å². The molecule has 1 heterocycles. The summed E-state index contributed by atoms with van der Waals surface area (Å²) in [7, 11) is -3.33. The Morgan fingerprint density at radius 3 is 1.61 bits per heavy atom. The summed E-state index contributed by atoms with van der Waals surface area (Å²) < 4.78 is 36.5. The molecule has 0 spiro atoms. The highest BCUT2D eigenvalue weighted by molar-refractivity contribution is 7.89. The third-order valence-electron chi connectivity index (χ3n) is 3.53. The van der Waals surface area contributed by atoms with E-state index in [1.807, 2.05) is 36.4 Å². The van der Waals surface area contributed by atoms with E-state index in [4.69, 9.17) is 9.47 Å². The molecule has 0 saturated heterocycles. The molecule has 0 aliphatic carbocycles. The lowest BCUT2D eigenvalue weighted by Gasteiger charge is -2.12. The third kappa shape index (κ3) is 4.13. The van der Waals surface area contributed by atoms with E-state index in [0.29, 0.717) is 35.8 Å². The molecule has 1 aliphatic rings. The van der Waals surface area contributed by atoms with Gasteiger partial charge in [-0.3, -0.25) is 0 Å². The molecular weight excluding hydrogens is 312 g/mol. The fourth-order valence-electron chi connectivity index (χ4n) is 2.46.